The number of rotatable bonds is 3. The summed E-state index contributed by atoms with van der Waals surface area (Å²) < 4.78 is 0. The second kappa shape index (κ2) is 5.44. The van der Waals surface area contributed by atoms with E-state index in [9.17, 15) is 4.79 Å². The largest absolute Gasteiger partial charge is 0.353 e. The van der Waals surface area contributed by atoms with Crippen LogP contribution in [0, 0.1) is 29.1 Å². The number of carbonyl (C=O) groups is 1. The van der Waals surface area contributed by atoms with Gasteiger partial charge in [-0.25, -0.2) is 0 Å². The minimum absolute atomic E-state index is 0.00304. The molecule has 5 saturated carbocycles. The first-order valence-electron chi connectivity index (χ1n) is 9.05. The average molecular weight is 310 g/mol. The number of carbonyl (C=O) groups excluding carboxylic acids is 1. The van der Waals surface area contributed by atoms with Crippen LogP contribution in [0.5, 0.6) is 0 Å². The Morgan fingerprint density at radius 2 is 1.57 bits per heavy atom. The van der Waals surface area contributed by atoms with Crippen LogP contribution in [0.25, 0.3) is 0 Å². The predicted molar refractivity (Wildman–Crippen MR) is 85.2 cm³/mol. The molecule has 118 valence electrons. The summed E-state index contributed by atoms with van der Waals surface area (Å²) in [6.45, 7) is 0. The van der Waals surface area contributed by atoms with Crippen molar-refractivity contribution < 1.29 is 4.79 Å². The van der Waals surface area contributed by atoms with Gasteiger partial charge in [-0.2, -0.15) is 0 Å². The van der Waals surface area contributed by atoms with Crippen molar-refractivity contribution >= 4 is 17.5 Å². The summed E-state index contributed by atoms with van der Waals surface area (Å²) >= 11 is 6.13. The minimum atomic E-state index is 0.00304. The fraction of sp³-hybridized carbons (Fsp3) is 0.944. The molecular weight excluding hydrogens is 282 g/mol. The van der Waals surface area contributed by atoms with Crippen molar-refractivity contribution in [1.82, 2.24) is 5.32 Å². The van der Waals surface area contributed by atoms with E-state index in [-0.39, 0.29) is 5.41 Å². The molecule has 0 radical (unpaired) electrons. The van der Waals surface area contributed by atoms with Crippen LogP contribution in [0.3, 0.4) is 0 Å². The van der Waals surface area contributed by atoms with E-state index in [2.05, 4.69) is 5.32 Å². The second-order valence-electron chi connectivity index (χ2n) is 8.48. The molecule has 0 saturated heterocycles. The molecule has 1 N–H and O–H groups in total. The smallest absolute Gasteiger partial charge is 0.226 e. The van der Waals surface area contributed by atoms with Crippen molar-refractivity contribution in [1.29, 1.82) is 0 Å². The van der Waals surface area contributed by atoms with E-state index in [1.165, 1.54) is 57.8 Å². The van der Waals surface area contributed by atoms with Crippen molar-refractivity contribution in [3.05, 3.63) is 0 Å². The molecule has 0 aliphatic heterocycles. The summed E-state index contributed by atoms with van der Waals surface area (Å²) in [5.41, 5.74) is 0.00304. The molecule has 0 aromatic heterocycles. The Kier molecular flexibility index (Phi) is 3.72. The molecular formula is C18H28ClNO. The predicted octanol–water partition coefficient (Wildman–Crippen LogP) is 4.12. The molecule has 5 rings (SSSR count). The summed E-state index contributed by atoms with van der Waals surface area (Å²) in [4.78, 5) is 13.1. The highest BCUT2D eigenvalue weighted by atomic mass is 35.5. The molecule has 21 heavy (non-hydrogen) atoms. The van der Waals surface area contributed by atoms with E-state index in [1.54, 1.807) is 0 Å². The van der Waals surface area contributed by atoms with Gasteiger partial charge >= 0.3 is 0 Å². The monoisotopic (exact) mass is 309 g/mol. The van der Waals surface area contributed by atoms with Crippen LogP contribution in [0.1, 0.15) is 64.2 Å². The molecule has 2 atom stereocenters. The maximum absolute atomic E-state index is 13.1. The highest BCUT2D eigenvalue weighted by Crippen LogP contribution is 2.60. The summed E-state index contributed by atoms with van der Waals surface area (Å²) in [5, 5.41) is 3.45. The van der Waals surface area contributed by atoms with Crippen LogP contribution < -0.4 is 5.32 Å². The lowest BCUT2D eigenvalue weighted by Crippen LogP contribution is -2.56. The Morgan fingerprint density at radius 1 is 1.00 bits per heavy atom. The van der Waals surface area contributed by atoms with Gasteiger partial charge in [0.2, 0.25) is 5.91 Å². The van der Waals surface area contributed by atoms with Gasteiger partial charge in [0.15, 0.2) is 0 Å². The number of hydrogen-bond donors (Lipinski definition) is 1. The zero-order valence-corrected chi connectivity index (χ0v) is 13.7. The Labute approximate surface area is 133 Å². The van der Waals surface area contributed by atoms with Gasteiger partial charge in [-0.15, -0.1) is 11.6 Å². The standard InChI is InChI=1S/C18H28ClNO/c19-11-15-3-1-2-4-16(15)20-17(21)18-8-12-5-13(9-18)7-14(6-12)10-18/h12-16H,1-11H2,(H,20,21). The van der Waals surface area contributed by atoms with Crippen molar-refractivity contribution in [2.24, 2.45) is 29.1 Å². The topological polar surface area (TPSA) is 29.1 Å². The molecule has 5 fully saturated rings. The Bertz CT molecular complexity index is 386. The second-order valence-corrected chi connectivity index (χ2v) is 8.79. The number of amides is 1. The fourth-order valence-corrected chi connectivity index (χ4v) is 6.66. The summed E-state index contributed by atoms with van der Waals surface area (Å²) in [5.74, 6) is 4.12. The maximum Gasteiger partial charge on any atom is 0.226 e. The van der Waals surface area contributed by atoms with Gasteiger partial charge in [0.05, 0.1) is 0 Å². The fourth-order valence-electron chi connectivity index (χ4n) is 6.29. The van der Waals surface area contributed by atoms with E-state index >= 15 is 0 Å². The van der Waals surface area contributed by atoms with Crippen LogP contribution >= 0.6 is 11.6 Å². The van der Waals surface area contributed by atoms with Crippen molar-refractivity contribution in [3.8, 4) is 0 Å². The van der Waals surface area contributed by atoms with E-state index in [0.29, 0.717) is 23.7 Å². The van der Waals surface area contributed by atoms with Gasteiger partial charge in [0, 0.05) is 17.3 Å². The molecule has 3 heteroatoms. The molecule has 0 aromatic carbocycles. The molecule has 4 bridgehead atoms. The van der Waals surface area contributed by atoms with Gasteiger partial charge in [0.25, 0.3) is 0 Å². The molecule has 0 heterocycles. The lowest BCUT2D eigenvalue weighted by Gasteiger charge is -2.56. The normalized spacial score (nSPS) is 48.3. The first kappa shape index (κ1) is 14.4. The number of hydrogen-bond acceptors (Lipinski definition) is 1. The molecule has 1 amide bonds. The van der Waals surface area contributed by atoms with Gasteiger partial charge in [-0.3, -0.25) is 4.79 Å². The molecule has 0 aromatic rings. The van der Waals surface area contributed by atoms with E-state index in [0.717, 1.165) is 24.2 Å². The van der Waals surface area contributed by atoms with E-state index in [1.807, 2.05) is 0 Å². The molecule has 5 aliphatic carbocycles. The van der Waals surface area contributed by atoms with Gasteiger partial charge in [-0.1, -0.05) is 12.8 Å². The highest BCUT2D eigenvalue weighted by Gasteiger charge is 2.54. The van der Waals surface area contributed by atoms with Crippen LogP contribution in [0.2, 0.25) is 0 Å². The molecule has 5 aliphatic rings. The third-order valence-electron chi connectivity index (χ3n) is 6.94. The molecule has 0 spiro atoms. The third-order valence-corrected chi connectivity index (χ3v) is 7.34. The first-order chi connectivity index (χ1) is 10.2. The van der Waals surface area contributed by atoms with Gasteiger partial charge in [0.1, 0.15) is 0 Å². The third kappa shape index (κ3) is 2.52. The number of alkyl halides is 1. The van der Waals surface area contributed by atoms with Crippen LogP contribution in [0.4, 0.5) is 0 Å². The van der Waals surface area contributed by atoms with Crippen molar-refractivity contribution in [2.75, 3.05) is 5.88 Å². The average Bonchev–Trinajstić information content (AvgIpc) is 2.46. The minimum Gasteiger partial charge on any atom is -0.353 e. The SMILES string of the molecule is O=C(NC1CCCCC1CCl)C12CC3CC(CC(C3)C1)C2. The molecule has 2 unspecified atom stereocenters. The van der Waals surface area contributed by atoms with Crippen molar-refractivity contribution in [3.63, 3.8) is 0 Å². The summed E-state index contributed by atoms with van der Waals surface area (Å²) in [6.07, 6.45) is 12.6. The van der Waals surface area contributed by atoms with E-state index < -0.39 is 0 Å². The quantitative estimate of drug-likeness (QED) is 0.781. The van der Waals surface area contributed by atoms with E-state index in [4.69, 9.17) is 11.6 Å². The zero-order chi connectivity index (χ0) is 14.4. The number of halogens is 1. The summed E-state index contributed by atoms with van der Waals surface area (Å²) in [7, 11) is 0. The lowest BCUT2D eigenvalue weighted by atomic mass is 9.49. The lowest BCUT2D eigenvalue weighted by molar-refractivity contribution is -0.147. The highest BCUT2D eigenvalue weighted by molar-refractivity contribution is 6.18. The van der Waals surface area contributed by atoms with Crippen LogP contribution in [-0.2, 0) is 4.79 Å². The maximum atomic E-state index is 13.1. The Morgan fingerprint density at radius 3 is 2.14 bits per heavy atom. The first-order valence-corrected chi connectivity index (χ1v) is 9.59. The Hall–Kier alpha value is -0.240. The molecule has 2 nitrogen and oxygen atoms in total. The van der Waals surface area contributed by atoms with Gasteiger partial charge < -0.3 is 5.32 Å². The number of nitrogens with one attached hydrogen (secondary N) is 1. The van der Waals surface area contributed by atoms with Crippen LogP contribution in [-0.4, -0.2) is 17.8 Å². The van der Waals surface area contributed by atoms with Crippen LogP contribution in [0.15, 0.2) is 0 Å². The van der Waals surface area contributed by atoms with Gasteiger partial charge in [-0.05, 0) is 75.0 Å². The van der Waals surface area contributed by atoms with Crippen molar-refractivity contribution in [2.45, 2.75) is 70.3 Å². The zero-order valence-electron chi connectivity index (χ0n) is 13.0. The Balaban J connectivity index is 1.47. The summed E-state index contributed by atoms with van der Waals surface area (Å²) in [6, 6.07) is 0.344.